The molecule has 0 bridgehead atoms. The molecule has 1 fully saturated rings. The van der Waals surface area contributed by atoms with E-state index in [1.165, 1.54) is 18.4 Å². The van der Waals surface area contributed by atoms with Crippen molar-refractivity contribution in [1.82, 2.24) is 0 Å². The SMILES string of the molecule is CO[C@@H]1OC[C@H]2C(=C1C)CC[C@@H]2C. The zero-order valence-electron chi connectivity index (χ0n) is 8.67. The molecule has 2 heteroatoms. The Kier molecular flexibility index (Phi) is 2.43. The highest BCUT2D eigenvalue weighted by Gasteiger charge is 2.35. The third kappa shape index (κ3) is 1.42. The summed E-state index contributed by atoms with van der Waals surface area (Å²) >= 11 is 0. The molecule has 0 unspecified atom stereocenters. The first-order valence-electron chi connectivity index (χ1n) is 5.08. The van der Waals surface area contributed by atoms with Crippen molar-refractivity contribution in [2.24, 2.45) is 11.8 Å². The molecule has 0 aromatic carbocycles. The largest absolute Gasteiger partial charge is 0.352 e. The van der Waals surface area contributed by atoms with E-state index in [1.807, 2.05) is 0 Å². The van der Waals surface area contributed by atoms with Crippen LogP contribution < -0.4 is 0 Å². The van der Waals surface area contributed by atoms with Crippen molar-refractivity contribution >= 4 is 0 Å². The average Bonchev–Trinajstić information content (AvgIpc) is 2.50. The minimum Gasteiger partial charge on any atom is -0.352 e. The van der Waals surface area contributed by atoms with Crippen LogP contribution in [0.1, 0.15) is 26.7 Å². The molecule has 1 aliphatic carbocycles. The Morgan fingerprint density at radius 2 is 2.23 bits per heavy atom. The molecule has 0 spiro atoms. The summed E-state index contributed by atoms with van der Waals surface area (Å²) in [5.74, 6) is 1.47. The highest BCUT2D eigenvalue weighted by Crippen LogP contribution is 2.42. The smallest absolute Gasteiger partial charge is 0.179 e. The molecule has 1 aliphatic heterocycles. The van der Waals surface area contributed by atoms with Gasteiger partial charge in [0.2, 0.25) is 0 Å². The zero-order chi connectivity index (χ0) is 9.42. The van der Waals surface area contributed by atoms with E-state index in [1.54, 1.807) is 12.7 Å². The molecule has 0 N–H and O–H groups in total. The van der Waals surface area contributed by atoms with Crippen LogP contribution in [0.5, 0.6) is 0 Å². The monoisotopic (exact) mass is 182 g/mol. The number of fused-ring (bicyclic) bond motifs is 1. The number of hydrogen-bond donors (Lipinski definition) is 0. The first-order valence-corrected chi connectivity index (χ1v) is 5.08. The summed E-state index contributed by atoms with van der Waals surface area (Å²) in [6.45, 7) is 5.32. The van der Waals surface area contributed by atoms with E-state index in [0.29, 0.717) is 5.92 Å². The van der Waals surface area contributed by atoms with Gasteiger partial charge in [0, 0.05) is 13.0 Å². The predicted molar refractivity (Wildman–Crippen MR) is 51.3 cm³/mol. The van der Waals surface area contributed by atoms with Crippen LogP contribution in [0.25, 0.3) is 0 Å². The maximum Gasteiger partial charge on any atom is 0.179 e. The lowest BCUT2D eigenvalue weighted by Gasteiger charge is -2.30. The summed E-state index contributed by atoms with van der Waals surface area (Å²) < 4.78 is 10.9. The van der Waals surface area contributed by atoms with Crippen molar-refractivity contribution < 1.29 is 9.47 Å². The lowest BCUT2D eigenvalue weighted by molar-refractivity contribution is -0.117. The van der Waals surface area contributed by atoms with Crippen LogP contribution in [-0.2, 0) is 9.47 Å². The molecule has 2 rings (SSSR count). The molecule has 2 aliphatic rings. The molecule has 1 saturated carbocycles. The van der Waals surface area contributed by atoms with Crippen molar-refractivity contribution in [2.45, 2.75) is 33.0 Å². The highest BCUT2D eigenvalue weighted by molar-refractivity contribution is 5.24. The van der Waals surface area contributed by atoms with Gasteiger partial charge in [0.05, 0.1) is 6.61 Å². The predicted octanol–water partition coefficient (Wildman–Crippen LogP) is 2.35. The van der Waals surface area contributed by atoms with Crippen LogP contribution in [-0.4, -0.2) is 20.0 Å². The van der Waals surface area contributed by atoms with E-state index in [2.05, 4.69) is 13.8 Å². The Labute approximate surface area is 79.9 Å². The minimum atomic E-state index is -0.0726. The van der Waals surface area contributed by atoms with Crippen molar-refractivity contribution in [1.29, 1.82) is 0 Å². The van der Waals surface area contributed by atoms with E-state index in [0.717, 1.165) is 12.5 Å². The summed E-state index contributed by atoms with van der Waals surface area (Å²) in [4.78, 5) is 0. The quantitative estimate of drug-likeness (QED) is 0.579. The van der Waals surface area contributed by atoms with E-state index in [9.17, 15) is 0 Å². The fourth-order valence-electron chi connectivity index (χ4n) is 2.58. The number of hydrogen-bond acceptors (Lipinski definition) is 2. The second-order valence-electron chi connectivity index (χ2n) is 4.23. The van der Waals surface area contributed by atoms with Gasteiger partial charge in [-0.2, -0.15) is 0 Å². The van der Waals surface area contributed by atoms with Crippen LogP contribution in [0.3, 0.4) is 0 Å². The molecule has 0 aromatic heterocycles. The normalized spacial score (nSPS) is 39.5. The van der Waals surface area contributed by atoms with Gasteiger partial charge in [0.1, 0.15) is 0 Å². The second-order valence-corrected chi connectivity index (χ2v) is 4.23. The van der Waals surface area contributed by atoms with Gasteiger partial charge in [-0.15, -0.1) is 0 Å². The Morgan fingerprint density at radius 3 is 2.92 bits per heavy atom. The van der Waals surface area contributed by atoms with Crippen molar-refractivity contribution in [2.75, 3.05) is 13.7 Å². The lowest BCUT2D eigenvalue weighted by Crippen LogP contribution is -2.29. The van der Waals surface area contributed by atoms with E-state index < -0.39 is 0 Å². The van der Waals surface area contributed by atoms with Gasteiger partial charge >= 0.3 is 0 Å². The summed E-state index contributed by atoms with van der Waals surface area (Å²) in [6, 6.07) is 0. The highest BCUT2D eigenvalue weighted by atomic mass is 16.7. The maximum absolute atomic E-state index is 5.64. The molecule has 2 nitrogen and oxygen atoms in total. The minimum absolute atomic E-state index is 0.0726. The molecule has 3 atom stereocenters. The Balaban J connectivity index is 2.25. The fraction of sp³-hybridized carbons (Fsp3) is 0.818. The first-order chi connectivity index (χ1) is 6.24. The standard InChI is InChI=1S/C11H18O2/c1-7-4-5-9-8(2)11(12-3)13-6-10(7)9/h7,10-11H,4-6H2,1-3H3/t7-,10+,11+/m0/s1. The van der Waals surface area contributed by atoms with Crippen molar-refractivity contribution in [3.8, 4) is 0 Å². The van der Waals surface area contributed by atoms with Crippen LogP contribution in [0.15, 0.2) is 11.1 Å². The molecule has 0 radical (unpaired) electrons. The number of methoxy groups -OCH3 is 1. The van der Waals surface area contributed by atoms with Gasteiger partial charge in [-0.25, -0.2) is 0 Å². The Hall–Kier alpha value is -0.340. The summed E-state index contributed by atoms with van der Waals surface area (Å²) in [7, 11) is 1.72. The van der Waals surface area contributed by atoms with Gasteiger partial charge in [-0.05, 0) is 31.3 Å². The first kappa shape index (κ1) is 9.22. The Bertz CT molecular complexity index is 232. The van der Waals surface area contributed by atoms with Gasteiger partial charge in [-0.3, -0.25) is 0 Å². The Morgan fingerprint density at radius 1 is 1.46 bits per heavy atom. The van der Waals surface area contributed by atoms with E-state index >= 15 is 0 Å². The van der Waals surface area contributed by atoms with Crippen LogP contribution in [0, 0.1) is 11.8 Å². The maximum atomic E-state index is 5.64. The summed E-state index contributed by atoms with van der Waals surface area (Å²) in [5, 5.41) is 0. The molecule has 74 valence electrons. The van der Waals surface area contributed by atoms with Gasteiger partial charge in [0.25, 0.3) is 0 Å². The molecular weight excluding hydrogens is 164 g/mol. The lowest BCUT2D eigenvalue weighted by atomic mass is 9.91. The fourth-order valence-corrected chi connectivity index (χ4v) is 2.58. The van der Waals surface area contributed by atoms with E-state index in [-0.39, 0.29) is 6.29 Å². The molecule has 0 aromatic rings. The summed E-state index contributed by atoms with van der Waals surface area (Å²) in [5.41, 5.74) is 2.92. The van der Waals surface area contributed by atoms with Crippen LogP contribution in [0.2, 0.25) is 0 Å². The van der Waals surface area contributed by atoms with Gasteiger partial charge < -0.3 is 9.47 Å². The second kappa shape index (κ2) is 3.43. The molecule has 13 heavy (non-hydrogen) atoms. The molecular formula is C11H18O2. The van der Waals surface area contributed by atoms with Gasteiger partial charge in [0.15, 0.2) is 6.29 Å². The van der Waals surface area contributed by atoms with Crippen molar-refractivity contribution in [3.05, 3.63) is 11.1 Å². The average molecular weight is 182 g/mol. The topological polar surface area (TPSA) is 18.5 Å². The number of rotatable bonds is 1. The van der Waals surface area contributed by atoms with Crippen LogP contribution in [0.4, 0.5) is 0 Å². The zero-order valence-corrected chi connectivity index (χ0v) is 8.67. The van der Waals surface area contributed by atoms with Crippen LogP contribution >= 0.6 is 0 Å². The molecule has 0 saturated heterocycles. The van der Waals surface area contributed by atoms with E-state index in [4.69, 9.17) is 9.47 Å². The van der Waals surface area contributed by atoms with Gasteiger partial charge in [-0.1, -0.05) is 12.5 Å². The third-order valence-corrected chi connectivity index (χ3v) is 3.50. The molecule has 1 heterocycles. The van der Waals surface area contributed by atoms with Crippen molar-refractivity contribution in [3.63, 3.8) is 0 Å². The number of ether oxygens (including phenoxy) is 2. The summed E-state index contributed by atoms with van der Waals surface area (Å²) in [6.07, 6.45) is 2.49. The molecule has 0 amide bonds. The third-order valence-electron chi connectivity index (χ3n) is 3.50.